The maximum Gasteiger partial charge on any atom is 0.276 e. The first-order valence-corrected chi connectivity index (χ1v) is 10.7. The van der Waals surface area contributed by atoms with Gasteiger partial charge in [-0.05, 0) is 51.7 Å². The molecular formula is C28H21NO3. The lowest BCUT2D eigenvalue weighted by atomic mass is 9.91. The molecule has 1 atom stereocenters. The summed E-state index contributed by atoms with van der Waals surface area (Å²) in [6.07, 6.45) is -0.00644. The number of carbonyl (C=O) groups excluding carboxylic acids is 2. The van der Waals surface area contributed by atoms with Crippen LogP contribution in [0.25, 0.3) is 21.5 Å². The highest BCUT2D eigenvalue weighted by Crippen LogP contribution is 2.50. The topological polar surface area (TPSA) is 46.6 Å². The van der Waals surface area contributed by atoms with Crippen LogP contribution < -0.4 is 4.90 Å². The van der Waals surface area contributed by atoms with Gasteiger partial charge in [-0.25, -0.2) is 0 Å². The zero-order valence-corrected chi connectivity index (χ0v) is 17.7. The van der Waals surface area contributed by atoms with Crippen LogP contribution in [0.3, 0.4) is 0 Å². The van der Waals surface area contributed by atoms with E-state index in [0.717, 1.165) is 43.9 Å². The lowest BCUT2D eigenvalue weighted by Gasteiger charge is -2.24. The highest BCUT2D eigenvalue weighted by Gasteiger charge is 2.58. The summed E-state index contributed by atoms with van der Waals surface area (Å²) in [6, 6.07) is 24.5. The quantitative estimate of drug-likeness (QED) is 0.316. The number of rotatable bonds is 2. The Morgan fingerprint density at radius 3 is 2.22 bits per heavy atom. The third kappa shape index (κ3) is 2.50. The molecule has 0 N–H and O–H groups in total. The minimum absolute atomic E-state index is 0.00644. The van der Waals surface area contributed by atoms with E-state index >= 15 is 0 Å². The standard InChI is InChI=1S/C28H21NO3/c1-17-11-12-24-25(13-17)29(27(31)28(24)15-26(30)18(2)32-28)16-23-21-9-5-3-7-19(21)14-20-8-4-6-10-22(20)23/h3-14H,2,15-16H2,1H3. The minimum Gasteiger partial charge on any atom is -0.469 e. The van der Waals surface area contributed by atoms with E-state index in [2.05, 4.69) is 36.9 Å². The van der Waals surface area contributed by atoms with Gasteiger partial charge in [0.05, 0.1) is 18.7 Å². The lowest BCUT2D eigenvalue weighted by molar-refractivity contribution is -0.135. The number of benzene rings is 4. The highest BCUT2D eigenvalue weighted by molar-refractivity contribution is 6.13. The van der Waals surface area contributed by atoms with Gasteiger partial charge >= 0.3 is 0 Å². The molecule has 2 aliphatic heterocycles. The molecule has 4 nitrogen and oxygen atoms in total. The Morgan fingerprint density at radius 1 is 0.938 bits per heavy atom. The summed E-state index contributed by atoms with van der Waals surface area (Å²) < 4.78 is 5.91. The van der Waals surface area contributed by atoms with E-state index in [1.54, 1.807) is 4.90 Å². The molecule has 2 aliphatic rings. The predicted molar refractivity (Wildman–Crippen MR) is 125 cm³/mol. The van der Waals surface area contributed by atoms with E-state index in [0.29, 0.717) is 6.54 Å². The van der Waals surface area contributed by atoms with Crippen molar-refractivity contribution < 1.29 is 14.3 Å². The molecule has 4 heteroatoms. The van der Waals surface area contributed by atoms with E-state index in [1.807, 2.05) is 49.4 Å². The zero-order valence-electron chi connectivity index (χ0n) is 17.7. The molecule has 156 valence electrons. The molecule has 0 bridgehead atoms. The number of hydrogen-bond donors (Lipinski definition) is 0. The lowest BCUT2D eigenvalue weighted by Crippen LogP contribution is -2.39. The Hall–Kier alpha value is -3.92. The summed E-state index contributed by atoms with van der Waals surface area (Å²) in [5.74, 6) is -0.369. The van der Waals surface area contributed by atoms with Crippen molar-refractivity contribution in [2.45, 2.75) is 25.5 Å². The number of fused-ring (bicyclic) bond motifs is 4. The van der Waals surface area contributed by atoms with E-state index < -0.39 is 5.60 Å². The molecular weight excluding hydrogens is 398 g/mol. The molecule has 4 aromatic rings. The number of aryl methyl sites for hydroxylation is 1. The average Bonchev–Trinajstić information content (AvgIpc) is 3.21. The summed E-state index contributed by atoms with van der Waals surface area (Å²) in [5.41, 5.74) is 2.36. The van der Waals surface area contributed by atoms with Crippen molar-refractivity contribution >= 4 is 38.9 Å². The highest BCUT2D eigenvalue weighted by atomic mass is 16.5. The van der Waals surface area contributed by atoms with Crippen LogP contribution in [0, 0.1) is 6.92 Å². The van der Waals surface area contributed by atoms with E-state index in [-0.39, 0.29) is 23.9 Å². The SMILES string of the molecule is C=C1OC2(CC1=O)C(=O)N(Cc1c3ccccc3cc3ccccc13)c1cc(C)ccc12. The molecule has 1 saturated heterocycles. The Labute approximate surface area is 185 Å². The van der Waals surface area contributed by atoms with Gasteiger partial charge in [0.2, 0.25) is 11.4 Å². The summed E-state index contributed by atoms with van der Waals surface area (Å²) in [4.78, 5) is 28.0. The molecule has 0 saturated carbocycles. The third-order valence-electron chi connectivity index (χ3n) is 6.69. The number of carbonyl (C=O) groups is 2. The van der Waals surface area contributed by atoms with Gasteiger partial charge < -0.3 is 9.64 Å². The summed E-state index contributed by atoms with van der Waals surface area (Å²) in [7, 11) is 0. The molecule has 6 rings (SSSR count). The van der Waals surface area contributed by atoms with E-state index in [9.17, 15) is 9.59 Å². The molecule has 4 aromatic carbocycles. The Kier molecular flexibility index (Phi) is 3.84. The number of anilines is 1. The first-order valence-electron chi connectivity index (χ1n) is 10.7. The summed E-state index contributed by atoms with van der Waals surface area (Å²) in [5, 5.41) is 4.49. The largest absolute Gasteiger partial charge is 0.469 e. The Morgan fingerprint density at radius 2 is 1.59 bits per heavy atom. The zero-order chi connectivity index (χ0) is 22.0. The molecule has 1 fully saturated rings. The second kappa shape index (κ2) is 6.54. The van der Waals surface area contributed by atoms with Gasteiger partial charge in [-0.15, -0.1) is 0 Å². The maximum absolute atomic E-state index is 13.9. The van der Waals surface area contributed by atoms with Gasteiger partial charge in [0, 0.05) is 5.56 Å². The number of amides is 1. The molecule has 0 radical (unpaired) electrons. The number of nitrogens with zero attached hydrogens (tertiary/aromatic N) is 1. The van der Waals surface area contributed by atoms with Crippen LogP contribution in [0.4, 0.5) is 5.69 Å². The molecule has 1 spiro atoms. The van der Waals surface area contributed by atoms with Gasteiger partial charge in [0.15, 0.2) is 5.76 Å². The van der Waals surface area contributed by atoms with E-state index in [1.165, 1.54) is 0 Å². The monoisotopic (exact) mass is 419 g/mol. The smallest absolute Gasteiger partial charge is 0.276 e. The summed E-state index contributed by atoms with van der Waals surface area (Å²) in [6.45, 7) is 6.12. The average molecular weight is 419 g/mol. The number of hydrogen-bond acceptors (Lipinski definition) is 3. The van der Waals surface area contributed by atoms with Crippen LogP contribution >= 0.6 is 0 Å². The van der Waals surface area contributed by atoms with Crippen LogP contribution in [0.2, 0.25) is 0 Å². The van der Waals surface area contributed by atoms with Crippen LogP contribution in [-0.4, -0.2) is 11.7 Å². The van der Waals surface area contributed by atoms with Crippen molar-refractivity contribution in [1.29, 1.82) is 0 Å². The summed E-state index contributed by atoms with van der Waals surface area (Å²) >= 11 is 0. The van der Waals surface area contributed by atoms with Gasteiger partial charge in [0.25, 0.3) is 5.91 Å². The molecule has 0 aromatic heterocycles. The van der Waals surface area contributed by atoms with Crippen molar-refractivity contribution in [2.24, 2.45) is 0 Å². The van der Waals surface area contributed by atoms with Crippen molar-refractivity contribution in [3.8, 4) is 0 Å². The number of Topliss-reactive ketones (excluding diaryl/α,β-unsaturated/α-hetero) is 1. The molecule has 0 aliphatic carbocycles. The maximum atomic E-state index is 13.9. The van der Waals surface area contributed by atoms with Crippen LogP contribution in [0.5, 0.6) is 0 Å². The number of ether oxygens (including phenoxy) is 1. The van der Waals surface area contributed by atoms with E-state index in [4.69, 9.17) is 4.74 Å². The second-order valence-electron chi connectivity index (χ2n) is 8.66. The second-order valence-corrected chi connectivity index (χ2v) is 8.66. The van der Waals surface area contributed by atoms with Crippen molar-refractivity contribution in [3.63, 3.8) is 0 Å². The van der Waals surface area contributed by atoms with Crippen molar-refractivity contribution in [1.82, 2.24) is 0 Å². The number of allylic oxidation sites excluding steroid dienone is 1. The molecule has 1 amide bonds. The Balaban J connectivity index is 1.57. The minimum atomic E-state index is -1.31. The predicted octanol–water partition coefficient (Wildman–Crippen LogP) is 5.55. The number of ketones is 1. The van der Waals surface area contributed by atoms with Crippen LogP contribution in [0.15, 0.2) is 85.1 Å². The fourth-order valence-corrected chi connectivity index (χ4v) is 5.14. The van der Waals surface area contributed by atoms with Gasteiger partial charge in [-0.1, -0.05) is 67.2 Å². The normalized spacial score (nSPS) is 19.9. The molecule has 1 unspecified atom stereocenters. The Bertz CT molecular complexity index is 1410. The molecule has 32 heavy (non-hydrogen) atoms. The third-order valence-corrected chi connectivity index (χ3v) is 6.69. The fourth-order valence-electron chi connectivity index (χ4n) is 5.14. The first kappa shape index (κ1) is 18.8. The van der Waals surface area contributed by atoms with Crippen molar-refractivity contribution in [2.75, 3.05) is 4.90 Å². The fraction of sp³-hybridized carbons (Fsp3) is 0.143. The van der Waals surface area contributed by atoms with Gasteiger partial charge in [-0.3, -0.25) is 9.59 Å². The van der Waals surface area contributed by atoms with Crippen LogP contribution in [0.1, 0.15) is 23.1 Å². The van der Waals surface area contributed by atoms with Crippen LogP contribution in [-0.2, 0) is 26.5 Å². The van der Waals surface area contributed by atoms with Gasteiger partial charge in [-0.2, -0.15) is 0 Å². The molecule has 2 heterocycles. The first-order chi connectivity index (χ1) is 15.5. The van der Waals surface area contributed by atoms with Gasteiger partial charge in [0.1, 0.15) is 0 Å². The van der Waals surface area contributed by atoms with Crippen molar-refractivity contribution in [3.05, 3.63) is 102 Å².